The van der Waals surface area contributed by atoms with Crippen molar-refractivity contribution in [3.8, 4) is 0 Å². The van der Waals surface area contributed by atoms with Gasteiger partial charge in [-0.25, -0.2) is 0 Å². The lowest BCUT2D eigenvalue weighted by Crippen LogP contribution is -2.48. The number of halogens is 1. The molecule has 2 amide bonds. The molecule has 1 aromatic heterocycles. The Hall–Kier alpha value is -2.87. The minimum atomic E-state index is -0.270. The Kier molecular flexibility index (Phi) is 8.13. The number of carbonyl (C=O) groups excluding carboxylic acids is 2. The highest BCUT2D eigenvalue weighted by molar-refractivity contribution is 6.31. The van der Waals surface area contributed by atoms with Crippen molar-refractivity contribution in [1.29, 1.82) is 0 Å². The fourth-order valence-electron chi connectivity index (χ4n) is 5.46. The van der Waals surface area contributed by atoms with E-state index in [0.717, 1.165) is 47.7 Å². The smallest absolute Gasteiger partial charge is 0.268 e. The number of ether oxygens (including phenoxy) is 2. The molecule has 1 saturated heterocycles. The topological polar surface area (TPSA) is 83.7 Å². The monoisotopic (exact) mass is 523 g/mol. The van der Waals surface area contributed by atoms with Gasteiger partial charge < -0.3 is 24.7 Å². The van der Waals surface area contributed by atoms with Crippen molar-refractivity contribution >= 4 is 34.3 Å². The molecule has 0 radical (unpaired) electrons. The molecule has 2 aliphatic rings. The molecule has 2 unspecified atom stereocenters. The zero-order valence-corrected chi connectivity index (χ0v) is 21.9. The maximum absolute atomic E-state index is 13.4. The normalized spacial score (nSPS) is 21.1. The Morgan fingerprint density at radius 1 is 1.19 bits per heavy atom. The third-order valence-electron chi connectivity index (χ3n) is 7.23. The number of rotatable bonds is 9. The van der Waals surface area contributed by atoms with Gasteiger partial charge in [0.1, 0.15) is 5.69 Å². The molecule has 2 aromatic carbocycles. The molecule has 0 bridgehead atoms. The number of aromatic nitrogens is 1. The van der Waals surface area contributed by atoms with E-state index in [2.05, 4.69) is 22.4 Å². The van der Waals surface area contributed by atoms with Crippen molar-refractivity contribution < 1.29 is 19.1 Å². The lowest BCUT2D eigenvalue weighted by Gasteiger charge is -2.35. The van der Waals surface area contributed by atoms with Crippen LogP contribution >= 0.6 is 11.6 Å². The molecular formula is C29H34ClN3O4. The number of fused-ring (bicyclic) bond motifs is 2. The summed E-state index contributed by atoms with van der Waals surface area (Å²) in [6.45, 7) is 3.55. The first-order valence-corrected chi connectivity index (χ1v) is 13.6. The van der Waals surface area contributed by atoms with Crippen molar-refractivity contribution in [2.75, 3.05) is 19.8 Å². The Morgan fingerprint density at radius 3 is 2.86 bits per heavy atom. The number of nitrogens with zero attached hydrogens (tertiary/aromatic N) is 1. The van der Waals surface area contributed by atoms with Crippen molar-refractivity contribution in [3.63, 3.8) is 0 Å². The first kappa shape index (κ1) is 25.8. The van der Waals surface area contributed by atoms with E-state index < -0.39 is 0 Å². The van der Waals surface area contributed by atoms with Crippen LogP contribution in [0.1, 0.15) is 66.7 Å². The molecule has 3 atom stereocenters. The van der Waals surface area contributed by atoms with Crippen LogP contribution in [0.25, 0.3) is 10.9 Å². The highest BCUT2D eigenvalue weighted by Gasteiger charge is 2.39. The Balaban J connectivity index is 1.37. The van der Waals surface area contributed by atoms with E-state index in [-0.39, 0.29) is 30.2 Å². The number of nitrogens with one attached hydrogen (secondary N) is 2. The van der Waals surface area contributed by atoms with E-state index in [0.29, 0.717) is 43.3 Å². The highest BCUT2D eigenvalue weighted by Crippen LogP contribution is 2.37. The van der Waals surface area contributed by atoms with Gasteiger partial charge in [0.2, 0.25) is 5.91 Å². The number of hydrogen-bond donors (Lipinski definition) is 2. The lowest BCUT2D eigenvalue weighted by molar-refractivity contribution is -0.167. The molecule has 2 heterocycles. The van der Waals surface area contributed by atoms with Gasteiger partial charge in [0, 0.05) is 35.5 Å². The predicted molar refractivity (Wildman–Crippen MR) is 144 cm³/mol. The summed E-state index contributed by atoms with van der Waals surface area (Å²) < 4.78 is 11.7. The van der Waals surface area contributed by atoms with Crippen molar-refractivity contribution in [3.05, 3.63) is 70.4 Å². The summed E-state index contributed by atoms with van der Waals surface area (Å²) in [4.78, 5) is 31.8. The maximum atomic E-state index is 13.4. The number of hydrogen-bond acceptors (Lipinski definition) is 4. The van der Waals surface area contributed by atoms with Crippen molar-refractivity contribution in [1.82, 2.24) is 15.2 Å². The number of benzene rings is 2. The van der Waals surface area contributed by atoms with Crippen LogP contribution in [0.2, 0.25) is 5.02 Å². The summed E-state index contributed by atoms with van der Waals surface area (Å²) in [5.41, 5.74) is 3.54. The Bertz CT molecular complexity index is 1250. The first-order valence-electron chi connectivity index (χ1n) is 13.2. The summed E-state index contributed by atoms with van der Waals surface area (Å²) in [6.07, 6.45) is 4.67. The molecule has 37 heavy (non-hydrogen) atoms. The SMILES string of the molecule is CCCC(=O)N(CCOC1CCCCO1)[C@@H]1c2ccccc2CC1NC(=O)c1cc2cc(Cl)ccc2[nH]1. The number of H-pyrrole nitrogens is 1. The molecule has 2 N–H and O–H groups in total. The molecular weight excluding hydrogens is 490 g/mol. The van der Waals surface area contributed by atoms with E-state index in [1.165, 1.54) is 0 Å². The van der Waals surface area contributed by atoms with Crippen molar-refractivity contribution in [2.45, 2.75) is 63.8 Å². The fourth-order valence-corrected chi connectivity index (χ4v) is 5.64. The number of carbonyl (C=O) groups is 2. The standard InChI is InChI=1S/C29H34ClN3O4/c1-2-7-26(34)33(13-15-37-27-10-5-6-14-36-27)28-22-9-4-3-8-19(22)17-24(28)32-29(35)25-18-20-16-21(30)11-12-23(20)31-25/h3-4,8-9,11-12,16,18,24,27-28,31H,2,5-7,10,13-15,17H2,1H3,(H,32,35)/t24?,27?,28-/m1/s1. The summed E-state index contributed by atoms with van der Waals surface area (Å²) >= 11 is 6.13. The molecule has 196 valence electrons. The van der Waals surface area contributed by atoms with Crippen LogP contribution in [0.15, 0.2) is 48.5 Å². The predicted octanol–water partition coefficient (Wildman–Crippen LogP) is 5.39. The fraction of sp³-hybridized carbons (Fsp3) is 0.448. The average molecular weight is 524 g/mol. The molecule has 1 aliphatic heterocycles. The molecule has 0 saturated carbocycles. The minimum absolute atomic E-state index is 0.0665. The lowest BCUT2D eigenvalue weighted by atomic mass is 10.0. The third-order valence-corrected chi connectivity index (χ3v) is 7.47. The molecule has 8 heteroatoms. The van der Waals surface area contributed by atoms with Crippen LogP contribution in [0.5, 0.6) is 0 Å². The maximum Gasteiger partial charge on any atom is 0.268 e. The quantitative estimate of drug-likeness (QED) is 0.394. The van der Waals surface area contributed by atoms with Gasteiger partial charge in [0.15, 0.2) is 6.29 Å². The largest absolute Gasteiger partial charge is 0.353 e. The summed E-state index contributed by atoms with van der Waals surface area (Å²) in [7, 11) is 0. The van der Waals surface area contributed by atoms with Gasteiger partial charge in [0.25, 0.3) is 5.91 Å². The van der Waals surface area contributed by atoms with Crippen LogP contribution in [0.4, 0.5) is 0 Å². The average Bonchev–Trinajstić information content (AvgIpc) is 3.48. The summed E-state index contributed by atoms with van der Waals surface area (Å²) in [6, 6.07) is 14.9. The van der Waals surface area contributed by atoms with E-state index in [1.54, 1.807) is 6.07 Å². The van der Waals surface area contributed by atoms with E-state index in [4.69, 9.17) is 21.1 Å². The van der Waals surface area contributed by atoms with Crippen LogP contribution < -0.4 is 5.32 Å². The summed E-state index contributed by atoms with van der Waals surface area (Å²) in [5, 5.41) is 4.72. The second-order valence-electron chi connectivity index (χ2n) is 9.85. The number of amides is 2. The van der Waals surface area contributed by atoms with Gasteiger partial charge in [0.05, 0.1) is 18.7 Å². The van der Waals surface area contributed by atoms with Crippen LogP contribution in [-0.2, 0) is 20.7 Å². The molecule has 7 nitrogen and oxygen atoms in total. The van der Waals surface area contributed by atoms with Crippen LogP contribution in [0, 0.1) is 0 Å². The van der Waals surface area contributed by atoms with E-state index >= 15 is 0 Å². The van der Waals surface area contributed by atoms with Crippen LogP contribution in [0.3, 0.4) is 0 Å². The van der Waals surface area contributed by atoms with Crippen LogP contribution in [-0.4, -0.2) is 53.8 Å². The second-order valence-corrected chi connectivity index (χ2v) is 10.3. The molecule has 3 aromatic rings. The van der Waals surface area contributed by atoms with E-state index in [9.17, 15) is 9.59 Å². The van der Waals surface area contributed by atoms with Gasteiger partial charge in [-0.3, -0.25) is 9.59 Å². The van der Waals surface area contributed by atoms with E-state index in [1.807, 2.05) is 42.2 Å². The third kappa shape index (κ3) is 5.84. The molecule has 0 spiro atoms. The Morgan fingerprint density at radius 2 is 2.05 bits per heavy atom. The zero-order valence-electron chi connectivity index (χ0n) is 21.2. The van der Waals surface area contributed by atoms with Gasteiger partial charge >= 0.3 is 0 Å². The van der Waals surface area contributed by atoms with Gasteiger partial charge in [-0.2, -0.15) is 0 Å². The van der Waals surface area contributed by atoms with Gasteiger partial charge in [-0.15, -0.1) is 0 Å². The number of aromatic amines is 1. The molecule has 5 rings (SSSR count). The first-order chi connectivity index (χ1) is 18.0. The van der Waals surface area contributed by atoms with Gasteiger partial charge in [-0.05, 0) is 67.5 Å². The summed E-state index contributed by atoms with van der Waals surface area (Å²) in [5.74, 6) is -0.137. The van der Waals surface area contributed by atoms with Gasteiger partial charge in [-0.1, -0.05) is 42.8 Å². The second kappa shape index (κ2) is 11.7. The zero-order chi connectivity index (χ0) is 25.8. The molecule has 1 aliphatic carbocycles. The highest BCUT2D eigenvalue weighted by atomic mass is 35.5. The Labute approximate surface area is 222 Å². The van der Waals surface area contributed by atoms with Crippen molar-refractivity contribution in [2.24, 2.45) is 0 Å². The molecule has 1 fully saturated rings. The minimum Gasteiger partial charge on any atom is -0.353 e.